The fourth-order valence-electron chi connectivity index (χ4n) is 3.10. The molecule has 0 heterocycles. The summed E-state index contributed by atoms with van der Waals surface area (Å²) in [7, 11) is 0. The van der Waals surface area contributed by atoms with Crippen LogP contribution >= 0.6 is 0 Å². The average Bonchev–Trinajstić information content (AvgIpc) is 3.28. The first-order chi connectivity index (χ1) is 13.4. The van der Waals surface area contributed by atoms with E-state index in [-0.39, 0.29) is 12.2 Å². The Morgan fingerprint density at radius 3 is 1.48 bits per heavy atom. The van der Waals surface area contributed by atoms with E-state index in [4.69, 9.17) is 18.9 Å². The van der Waals surface area contributed by atoms with Crippen LogP contribution in [0.15, 0.2) is 12.2 Å². The van der Waals surface area contributed by atoms with Crippen LogP contribution in [-0.2, 0) is 18.9 Å². The van der Waals surface area contributed by atoms with E-state index >= 15 is 0 Å². The maximum Gasteiger partial charge on any atom is 0.109 e. The molecule has 0 aliphatic heterocycles. The SMILES string of the molecule is CC#CCOCC#CCO[C@@H]1[C@H](OCC#CCOCC#CC)[C@@H]2C=C[C@H]1C2. The Morgan fingerprint density at radius 1 is 0.630 bits per heavy atom. The molecule has 4 atom stereocenters. The van der Waals surface area contributed by atoms with Crippen LogP contribution < -0.4 is 0 Å². The first kappa shape index (κ1) is 21.1. The van der Waals surface area contributed by atoms with Crippen LogP contribution in [0.5, 0.6) is 0 Å². The van der Waals surface area contributed by atoms with E-state index in [0.717, 1.165) is 6.42 Å². The Bertz CT molecular complexity index is 661. The quantitative estimate of drug-likeness (QED) is 0.374. The fourth-order valence-corrected chi connectivity index (χ4v) is 3.10. The average molecular weight is 366 g/mol. The molecule has 2 bridgehead atoms. The summed E-state index contributed by atoms with van der Waals surface area (Å²) >= 11 is 0. The van der Waals surface area contributed by atoms with Gasteiger partial charge in [-0.25, -0.2) is 0 Å². The minimum Gasteiger partial charge on any atom is -0.362 e. The standard InChI is InChI=1S/C23H26O4/c1-3-5-13-24-15-7-9-17-26-22-20-11-12-21(19-20)23(22)27-18-10-8-16-25-14-6-4-2/h11-12,20-23H,13-19H2,1-2H3/t20-,21+,22-,23+. The summed E-state index contributed by atoms with van der Waals surface area (Å²) in [6, 6.07) is 0. The van der Waals surface area contributed by atoms with E-state index in [0.29, 0.717) is 51.5 Å². The topological polar surface area (TPSA) is 36.9 Å². The second-order valence-corrected chi connectivity index (χ2v) is 6.05. The van der Waals surface area contributed by atoms with Gasteiger partial charge in [-0.2, -0.15) is 0 Å². The zero-order valence-electron chi connectivity index (χ0n) is 16.0. The molecule has 4 heteroatoms. The molecule has 0 N–H and O–H groups in total. The molecule has 2 rings (SSSR count). The van der Waals surface area contributed by atoms with Gasteiger partial charge in [0.05, 0.1) is 12.2 Å². The van der Waals surface area contributed by atoms with Crippen molar-refractivity contribution >= 4 is 0 Å². The Labute approximate surface area is 163 Å². The van der Waals surface area contributed by atoms with Crippen molar-refractivity contribution in [2.45, 2.75) is 32.5 Å². The van der Waals surface area contributed by atoms with Crippen LogP contribution in [0.3, 0.4) is 0 Å². The van der Waals surface area contributed by atoms with Crippen molar-refractivity contribution in [1.29, 1.82) is 0 Å². The number of fused-ring (bicyclic) bond motifs is 2. The van der Waals surface area contributed by atoms with Gasteiger partial charge in [-0.05, 0) is 20.3 Å². The summed E-state index contributed by atoms with van der Waals surface area (Å²) in [5.74, 6) is 23.9. The highest BCUT2D eigenvalue weighted by atomic mass is 16.5. The van der Waals surface area contributed by atoms with Crippen LogP contribution in [0.4, 0.5) is 0 Å². The van der Waals surface area contributed by atoms with Crippen LogP contribution in [0, 0.1) is 59.2 Å². The lowest BCUT2D eigenvalue weighted by molar-refractivity contribution is -0.0600. The molecule has 1 saturated carbocycles. The highest BCUT2D eigenvalue weighted by Gasteiger charge is 2.45. The summed E-state index contributed by atoms with van der Waals surface area (Å²) in [6.07, 6.45) is 5.61. The molecular formula is C23H26O4. The number of ether oxygens (including phenoxy) is 4. The van der Waals surface area contributed by atoms with Gasteiger partial charge in [0.15, 0.2) is 0 Å². The molecule has 0 spiro atoms. The molecule has 0 aromatic heterocycles. The lowest BCUT2D eigenvalue weighted by atomic mass is 10.0. The van der Waals surface area contributed by atoms with Crippen LogP contribution in [0.1, 0.15) is 20.3 Å². The molecule has 27 heavy (non-hydrogen) atoms. The van der Waals surface area contributed by atoms with Crippen molar-refractivity contribution in [3.63, 3.8) is 0 Å². The molecule has 142 valence electrons. The van der Waals surface area contributed by atoms with Gasteiger partial charge in [0.2, 0.25) is 0 Å². The minimum absolute atomic E-state index is 0.0408. The van der Waals surface area contributed by atoms with Crippen LogP contribution in [-0.4, -0.2) is 51.8 Å². The normalized spacial score (nSPS) is 23.9. The smallest absolute Gasteiger partial charge is 0.109 e. The Hall–Kier alpha value is -2.18. The molecule has 0 unspecified atom stereocenters. The fraction of sp³-hybridized carbons (Fsp3) is 0.565. The van der Waals surface area contributed by atoms with Gasteiger partial charge in [0, 0.05) is 11.8 Å². The molecule has 0 radical (unpaired) electrons. The predicted molar refractivity (Wildman–Crippen MR) is 104 cm³/mol. The van der Waals surface area contributed by atoms with Crippen LogP contribution in [0.2, 0.25) is 0 Å². The van der Waals surface area contributed by atoms with Gasteiger partial charge in [0.25, 0.3) is 0 Å². The Balaban J connectivity index is 1.68. The predicted octanol–water partition coefficient (Wildman–Crippen LogP) is 2.05. The first-order valence-electron chi connectivity index (χ1n) is 9.14. The van der Waals surface area contributed by atoms with Gasteiger partial charge < -0.3 is 18.9 Å². The van der Waals surface area contributed by atoms with Gasteiger partial charge in [-0.3, -0.25) is 0 Å². The lowest BCUT2D eigenvalue weighted by Gasteiger charge is -2.26. The maximum absolute atomic E-state index is 5.98. The van der Waals surface area contributed by atoms with Gasteiger partial charge >= 0.3 is 0 Å². The summed E-state index contributed by atoms with van der Waals surface area (Å²) in [5, 5.41) is 0. The third-order valence-electron chi connectivity index (χ3n) is 4.31. The van der Waals surface area contributed by atoms with Crippen molar-refractivity contribution < 1.29 is 18.9 Å². The third-order valence-corrected chi connectivity index (χ3v) is 4.31. The molecular weight excluding hydrogens is 340 g/mol. The number of hydrogen-bond donors (Lipinski definition) is 0. The maximum atomic E-state index is 5.98. The summed E-state index contributed by atoms with van der Waals surface area (Å²) in [5.41, 5.74) is 0. The zero-order chi connectivity index (χ0) is 19.2. The van der Waals surface area contributed by atoms with Crippen LogP contribution in [0.25, 0.3) is 0 Å². The number of rotatable bonds is 8. The zero-order valence-corrected chi connectivity index (χ0v) is 16.0. The molecule has 0 saturated heterocycles. The van der Waals surface area contributed by atoms with Gasteiger partial charge in [-0.1, -0.05) is 47.7 Å². The van der Waals surface area contributed by atoms with E-state index < -0.39 is 0 Å². The van der Waals surface area contributed by atoms with Gasteiger partial charge in [-0.15, -0.1) is 11.8 Å². The molecule has 0 aromatic rings. The van der Waals surface area contributed by atoms with E-state index in [1.54, 1.807) is 13.8 Å². The monoisotopic (exact) mass is 366 g/mol. The number of hydrogen-bond acceptors (Lipinski definition) is 4. The van der Waals surface area contributed by atoms with Crippen molar-refractivity contribution in [3.05, 3.63) is 12.2 Å². The minimum atomic E-state index is 0.0408. The third kappa shape index (κ3) is 7.53. The van der Waals surface area contributed by atoms with Crippen molar-refractivity contribution in [2.75, 3.05) is 39.6 Å². The molecule has 1 fully saturated rings. The summed E-state index contributed by atoms with van der Waals surface area (Å²) in [4.78, 5) is 0. The van der Waals surface area contributed by atoms with E-state index in [2.05, 4.69) is 59.5 Å². The second-order valence-electron chi connectivity index (χ2n) is 6.05. The summed E-state index contributed by atoms with van der Waals surface area (Å²) in [6.45, 7) is 5.89. The molecule has 2 aliphatic carbocycles. The Kier molecular flexibility index (Phi) is 10.2. The molecule has 0 amide bonds. The van der Waals surface area contributed by atoms with E-state index in [9.17, 15) is 0 Å². The van der Waals surface area contributed by atoms with E-state index in [1.165, 1.54) is 0 Å². The van der Waals surface area contributed by atoms with E-state index in [1.807, 2.05) is 0 Å². The highest BCUT2D eigenvalue weighted by molar-refractivity contribution is 5.16. The van der Waals surface area contributed by atoms with Crippen molar-refractivity contribution in [1.82, 2.24) is 0 Å². The molecule has 0 aromatic carbocycles. The summed E-state index contributed by atoms with van der Waals surface area (Å²) < 4.78 is 22.5. The van der Waals surface area contributed by atoms with Gasteiger partial charge in [0.1, 0.15) is 39.6 Å². The first-order valence-corrected chi connectivity index (χ1v) is 9.14. The lowest BCUT2D eigenvalue weighted by Crippen LogP contribution is -2.35. The van der Waals surface area contributed by atoms with Crippen molar-refractivity contribution in [3.8, 4) is 47.4 Å². The second kappa shape index (κ2) is 13.1. The molecule has 2 aliphatic rings. The van der Waals surface area contributed by atoms with Crippen molar-refractivity contribution in [2.24, 2.45) is 11.8 Å². The largest absolute Gasteiger partial charge is 0.362 e. The Morgan fingerprint density at radius 2 is 1.04 bits per heavy atom. The highest BCUT2D eigenvalue weighted by Crippen LogP contribution is 2.42. The molecule has 4 nitrogen and oxygen atoms in total.